The molecule has 132 valence electrons. The number of H-pyrrole nitrogens is 1. The summed E-state index contributed by atoms with van der Waals surface area (Å²) >= 11 is 0. The number of hydrogen-bond acceptors (Lipinski definition) is 4. The lowest BCUT2D eigenvalue weighted by Crippen LogP contribution is -2.27. The molecule has 2 rings (SSSR count). The zero-order valence-electron chi connectivity index (χ0n) is 14.9. The summed E-state index contributed by atoms with van der Waals surface area (Å²) in [6, 6.07) is 6.48. The molecular weight excluding hydrogens is 318 g/mol. The predicted octanol–water partition coefficient (Wildman–Crippen LogP) is 2.57. The first-order chi connectivity index (χ1) is 11.8. The van der Waals surface area contributed by atoms with Gasteiger partial charge < -0.3 is 10.2 Å². The average molecular weight is 341 g/mol. The Morgan fingerprint density at radius 1 is 1.24 bits per heavy atom. The van der Waals surface area contributed by atoms with Gasteiger partial charge in [0.05, 0.1) is 6.04 Å². The average Bonchev–Trinajstić information content (AvgIpc) is 3.11. The number of likely N-dealkylation sites (N-methyl/N-ethyl adjacent to an activating group) is 1. The zero-order chi connectivity index (χ0) is 18.6. The van der Waals surface area contributed by atoms with Gasteiger partial charge in [-0.15, -0.1) is 0 Å². The fraction of sp³-hybridized carbons (Fsp3) is 0.333. The van der Waals surface area contributed by atoms with Gasteiger partial charge in [0, 0.05) is 24.2 Å². The lowest BCUT2D eigenvalue weighted by atomic mass is 10.1. The first kappa shape index (κ1) is 18.4. The smallest absolute Gasteiger partial charge is 0.251 e. The molecule has 1 heterocycles. The first-order valence-electron chi connectivity index (χ1n) is 8.06. The van der Waals surface area contributed by atoms with E-state index in [9.17, 15) is 9.59 Å². The van der Waals surface area contributed by atoms with Crippen LogP contribution in [0.2, 0.25) is 0 Å². The van der Waals surface area contributed by atoms with Crippen LogP contribution in [0.4, 0.5) is 5.69 Å². The first-order valence-corrected chi connectivity index (χ1v) is 8.06. The normalized spacial score (nSPS) is 11.9. The highest BCUT2D eigenvalue weighted by atomic mass is 16.2. The number of amides is 2. The molecule has 0 saturated heterocycles. The number of carbonyl (C=O) groups is 2. The Kier molecular flexibility index (Phi) is 5.69. The second-order valence-electron chi connectivity index (χ2n) is 6.08. The zero-order valence-corrected chi connectivity index (χ0v) is 14.9. The van der Waals surface area contributed by atoms with Crippen molar-refractivity contribution in [2.75, 3.05) is 11.9 Å². The minimum absolute atomic E-state index is 0.211. The summed E-state index contributed by atoms with van der Waals surface area (Å²) in [7, 11) is 1.65. The lowest BCUT2D eigenvalue weighted by Gasteiger charge is -2.16. The maximum atomic E-state index is 12.4. The Hall–Kier alpha value is -2.96. The number of rotatable bonds is 6. The second kappa shape index (κ2) is 7.74. The molecule has 7 nitrogen and oxygen atoms in total. The molecule has 0 aliphatic rings. The highest BCUT2D eigenvalue weighted by Gasteiger charge is 2.16. The van der Waals surface area contributed by atoms with Gasteiger partial charge in [0.25, 0.3) is 5.91 Å². The van der Waals surface area contributed by atoms with Crippen LogP contribution in [0.25, 0.3) is 0 Å². The fourth-order valence-corrected chi connectivity index (χ4v) is 2.19. The van der Waals surface area contributed by atoms with Gasteiger partial charge in [-0.05, 0) is 37.3 Å². The molecule has 0 saturated carbocycles. The van der Waals surface area contributed by atoms with E-state index in [2.05, 4.69) is 27.1 Å². The van der Waals surface area contributed by atoms with Gasteiger partial charge >= 0.3 is 0 Å². The van der Waals surface area contributed by atoms with Gasteiger partial charge in [-0.25, -0.2) is 4.98 Å². The molecule has 0 spiro atoms. The monoisotopic (exact) mass is 341 g/mol. The molecule has 0 aliphatic carbocycles. The van der Waals surface area contributed by atoms with Gasteiger partial charge in [-0.1, -0.05) is 20.4 Å². The Labute approximate surface area is 147 Å². The van der Waals surface area contributed by atoms with Crippen molar-refractivity contribution < 1.29 is 9.59 Å². The number of aromatic amines is 1. The third kappa shape index (κ3) is 4.32. The topological polar surface area (TPSA) is 91.0 Å². The van der Waals surface area contributed by atoms with Crippen LogP contribution in [0.3, 0.4) is 0 Å². The van der Waals surface area contributed by atoms with E-state index in [4.69, 9.17) is 0 Å². The highest BCUT2D eigenvalue weighted by molar-refractivity contribution is 6.01. The van der Waals surface area contributed by atoms with E-state index in [0.29, 0.717) is 17.1 Å². The van der Waals surface area contributed by atoms with E-state index in [1.807, 2.05) is 20.8 Å². The Morgan fingerprint density at radius 2 is 1.88 bits per heavy atom. The fourth-order valence-electron chi connectivity index (χ4n) is 2.19. The van der Waals surface area contributed by atoms with Crippen molar-refractivity contribution in [2.24, 2.45) is 0 Å². The summed E-state index contributed by atoms with van der Waals surface area (Å²) in [6.45, 7) is 9.31. The van der Waals surface area contributed by atoms with Gasteiger partial charge in [0.15, 0.2) is 5.82 Å². The SMILES string of the molecule is C=CC(=O)N(C)c1ccc(C(=O)NC(C)c2nc(C(C)C)n[nH]2)cc1. The summed E-state index contributed by atoms with van der Waals surface area (Å²) in [5.41, 5.74) is 1.19. The highest BCUT2D eigenvalue weighted by Crippen LogP contribution is 2.16. The van der Waals surface area contributed by atoms with Crippen molar-refractivity contribution in [3.63, 3.8) is 0 Å². The van der Waals surface area contributed by atoms with Crippen molar-refractivity contribution in [3.8, 4) is 0 Å². The van der Waals surface area contributed by atoms with Gasteiger partial charge in [0.2, 0.25) is 5.91 Å². The Bertz CT molecular complexity index is 764. The minimum Gasteiger partial charge on any atom is -0.342 e. The largest absolute Gasteiger partial charge is 0.342 e. The Morgan fingerprint density at radius 3 is 2.40 bits per heavy atom. The van der Waals surface area contributed by atoms with E-state index in [0.717, 1.165) is 5.82 Å². The van der Waals surface area contributed by atoms with Crippen LogP contribution >= 0.6 is 0 Å². The number of nitrogens with one attached hydrogen (secondary N) is 2. The van der Waals surface area contributed by atoms with E-state index in [-0.39, 0.29) is 23.8 Å². The number of aromatic nitrogens is 3. The molecule has 0 bridgehead atoms. The quantitative estimate of drug-likeness (QED) is 0.790. The van der Waals surface area contributed by atoms with Gasteiger partial charge in [-0.3, -0.25) is 14.7 Å². The summed E-state index contributed by atoms with van der Waals surface area (Å²) in [4.78, 5) is 29.8. The predicted molar refractivity (Wildman–Crippen MR) is 96.4 cm³/mol. The van der Waals surface area contributed by atoms with E-state index in [1.165, 1.54) is 11.0 Å². The number of carbonyl (C=O) groups excluding carboxylic acids is 2. The van der Waals surface area contributed by atoms with Crippen LogP contribution in [0.15, 0.2) is 36.9 Å². The van der Waals surface area contributed by atoms with Crippen LogP contribution in [0.1, 0.15) is 54.7 Å². The maximum Gasteiger partial charge on any atom is 0.251 e. The number of anilines is 1. The minimum atomic E-state index is -0.294. The van der Waals surface area contributed by atoms with Crippen LogP contribution in [-0.2, 0) is 4.79 Å². The molecule has 1 unspecified atom stereocenters. The van der Waals surface area contributed by atoms with Gasteiger partial charge in [0.1, 0.15) is 5.82 Å². The molecule has 1 aromatic carbocycles. The van der Waals surface area contributed by atoms with Crippen LogP contribution in [0, 0.1) is 0 Å². The molecule has 2 amide bonds. The van der Waals surface area contributed by atoms with Crippen LogP contribution in [0.5, 0.6) is 0 Å². The summed E-state index contributed by atoms with van der Waals surface area (Å²) in [5, 5.41) is 9.87. The third-order valence-electron chi connectivity index (χ3n) is 3.82. The molecule has 1 atom stereocenters. The van der Waals surface area contributed by atoms with Crippen LogP contribution in [-0.4, -0.2) is 34.0 Å². The standard InChI is InChI=1S/C18H23N5O2/c1-6-15(24)23(5)14-9-7-13(8-10-14)18(25)19-12(4)17-20-16(11(2)3)21-22-17/h6-12H,1H2,2-5H3,(H,19,25)(H,20,21,22). The molecule has 25 heavy (non-hydrogen) atoms. The second-order valence-corrected chi connectivity index (χ2v) is 6.08. The third-order valence-corrected chi connectivity index (χ3v) is 3.82. The van der Waals surface area contributed by atoms with Crippen molar-refractivity contribution in [1.29, 1.82) is 0 Å². The van der Waals surface area contributed by atoms with Crippen molar-refractivity contribution >= 4 is 17.5 Å². The van der Waals surface area contributed by atoms with Crippen molar-refractivity contribution in [1.82, 2.24) is 20.5 Å². The maximum absolute atomic E-state index is 12.4. The van der Waals surface area contributed by atoms with Crippen molar-refractivity contribution in [3.05, 3.63) is 54.1 Å². The van der Waals surface area contributed by atoms with E-state index >= 15 is 0 Å². The summed E-state index contributed by atoms with van der Waals surface area (Å²) in [6.07, 6.45) is 1.24. The molecule has 2 N–H and O–H groups in total. The number of benzene rings is 1. The van der Waals surface area contributed by atoms with E-state index in [1.54, 1.807) is 31.3 Å². The molecule has 0 radical (unpaired) electrons. The summed E-state index contributed by atoms with van der Waals surface area (Å²) < 4.78 is 0. The molecule has 2 aromatic rings. The summed E-state index contributed by atoms with van der Waals surface area (Å²) in [5.74, 6) is 1.12. The number of hydrogen-bond donors (Lipinski definition) is 2. The Balaban J connectivity index is 2.04. The molecule has 1 aromatic heterocycles. The van der Waals surface area contributed by atoms with Crippen LogP contribution < -0.4 is 10.2 Å². The van der Waals surface area contributed by atoms with Crippen molar-refractivity contribution in [2.45, 2.75) is 32.7 Å². The molecular formula is C18H23N5O2. The number of nitrogens with zero attached hydrogens (tertiary/aromatic N) is 3. The molecule has 7 heteroatoms. The van der Waals surface area contributed by atoms with E-state index < -0.39 is 0 Å². The lowest BCUT2D eigenvalue weighted by molar-refractivity contribution is -0.113. The van der Waals surface area contributed by atoms with Gasteiger partial charge in [-0.2, -0.15) is 5.10 Å². The molecule has 0 aliphatic heterocycles. The molecule has 0 fully saturated rings.